The average Bonchev–Trinajstić information content (AvgIpc) is 3.24. The molecule has 1 aliphatic carbocycles. The van der Waals surface area contributed by atoms with E-state index in [9.17, 15) is 4.39 Å². The summed E-state index contributed by atoms with van der Waals surface area (Å²) in [6.45, 7) is 2.57. The smallest absolute Gasteiger partial charge is 0.130 e. The Kier molecular flexibility index (Phi) is 4.13. The van der Waals surface area contributed by atoms with Crippen LogP contribution < -0.4 is 10.1 Å². The highest BCUT2D eigenvalue weighted by Crippen LogP contribution is 2.27. The predicted molar refractivity (Wildman–Crippen MR) is 82.5 cm³/mol. The van der Waals surface area contributed by atoms with Crippen LogP contribution in [0.4, 0.5) is 4.39 Å². The van der Waals surface area contributed by atoms with Gasteiger partial charge in [0.15, 0.2) is 0 Å². The van der Waals surface area contributed by atoms with E-state index >= 15 is 0 Å². The number of hydrogen-bond acceptors (Lipinski definition) is 2. The van der Waals surface area contributed by atoms with Crippen LogP contribution in [0.25, 0.3) is 0 Å². The molecule has 1 N–H and O–H groups in total. The molecule has 0 unspecified atom stereocenters. The van der Waals surface area contributed by atoms with Gasteiger partial charge in [0.2, 0.25) is 0 Å². The summed E-state index contributed by atoms with van der Waals surface area (Å²) in [7, 11) is 0. The Balaban J connectivity index is 1.75. The Labute approximate surface area is 128 Å². The lowest BCUT2D eigenvalue weighted by atomic mass is 10.2. The van der Waals surface area contributed by atoms with Gasteiger partial charge in [-0.25, -0.2) is 4.39 Å². The molecular weight excluding hydrogens is 289 g/mol. The summed E-state index contributed by atoms with van der Waals surface area (Å²) < 4.78 is 19.4. The van der Waals surface area contributed by atoms with E-state index in [1.165, 1.54) is 25.0 Å². The zero-order valence-electron chi connectivity index (χ0n) is 11.8. The van der Waals surface area contributed by atoms with Crippen molar-refractivity contribution in [2.45, 2.75) is 32.4 Å². The van der Waals surface area contributed by atoms with Crippen LogP contribution in [0.1, 0.15) is 24.0 Å². The predicted octanol–water partition coefficient (Wildman–Crippen LogP) is 4.83. The quantitative estimate of drug-likeness (QED) is 0.854. The van der Waals surface area contributed by atoms with Gasteiger partial charge in [0.05, 0.1) is 0 Å². The summed E-state index contributed by atoms with van der Waals surface area (Å²) in [6, 6.07) is 10.8. The van der Waals surface area contributed by atoms with Crippen molar-refractivity contribution in [1.82, 2.24) is 5.32 Å². The molecule has 4 heteroatoms. The summed E-state index contributed by atoms with van der Waals surface area (Å²) in [4.78, 5) is 0. The molecule has 0 atom stereocenters. The van der Waals surface area contributed by atoms with Gasteiger partial charge in [-0.3, -0.25) is 0 Å². The van der Waals surface area contributed by atoms with Gasteiger partial charge in [-0.1, -0.05) is 11.6 Å². The molecule has 1 saturated carbocycles. The van der Waals surface area contributed by atoms with Gasteiger partial charge in [-0.2, -0.15) is 0 Å². The molecular formula is C17H17ClFNO. The number of aryl methyl sites for hydroxylation is 1. The number of hydrogen-bond donors (Lipinski definition) is 1. The van der Waals surface area contributed by atoms with E-state index in [1.807, 2.05) is 19.1 Å². The molecule has 110 valence electrons. The third-order valence-electron chi connectivity index (χ3n) is 3.47. The topological polar surface area (TPSA) is 21.3 Å². The van der Waals surface area contributed by atoms with E-state index in [0.29, 0.717) is 29.1 Å². The molecule has 0 heterocycles. The molecule has 1 aliphatic rings. The zero-order chi connectivity index (χ0) is 14.8. The maximum atomic E-state index is 13.7. The minimum Gasteiger partial charge on any atom is -0.457 e. The Morgan fingerprint density at radius 3 is 2.71 bits per heavy atom. The fourth-order valence-corrected chi connectivity index (χ4v) is 2.27. The van der Waals surface area contributed by atoms with Crippen LogP contribution in [0.3, 0.4) is 0 Å². The molecule has 3 rings (SSSR count). The first kappa shape index (κ1) is 14.4. The molecule has 2 aromatic rings. The first-order chi connectivity index (χ1) is 10.1. The molecule has 1 fully saturated rings. The van der Waals surface area contributed by atoms with Crippen molar-refractivity contribution in [1.29, 1.82) is 0 Å². The van der Waals surface area contributed by atoms with Gasteiger partial charge in [0.25, 0.3) is 0 Å². The molecule has 2 aromatic carbocycles. The average molecular weight is 306 g/mol. The molecule has 21 heavy (non-hydrogen) atoms. The number of rotatable bonds is 5. The lowest BCUT2D eigenvalue weighted by Crippen LogP contribution is -2.15. The molecule has 0 saturated heterocycles. The highest BCUT2D eigenvalue weighted by molar-refractivity contribution is 6.31. The number of ether oxygens (including phenoxy) is 1. The van der Waals surface area contributed by atoms with Crippen LogP contribution in [-0.4, -0.2) is 6.04 Å². The van der Waals surface area contributed by atoms with E-state index < -0.39 is 0 Å². The molecule has 0 aromatic heterocycles. The van der Waals surface area contributed by atoms with Gasteiger partial charge in [-0.15, -0.1) is 0 Å². The molecule has 2 nitrogen and oxygen atoms in total. The van der Waals surface area contributed by atoms with Crippen molar-refractivity contribution in [2.75, 3.05) is 0 Å². The number of benzene rings is 2. The standard InChI is InChI=1S/C17H17ClFNO/c1-11-6-15(4-5-17(11)18)21-16-8-12(7-13(19)9-16)10-20-14-2-3-14/h4-9,14,20H,2-3,10H2,1H3. The summed E-state index contributed by atoms with van der Waals surface area (Å²) >= 11 is 5.99. The highest BCUT2D eigenvalue weighted by Gasteiger charge is 2.20. The number of halogens is 2. The van der Waals surface area contributed by atoms with Crippen molar-refractivity contribution in [3.8, 4) is 11.5 Å². The summed E-state index contributed by atoms with van der Waals surface area (Å²) in [5.41, 5.74) is 1.82. The van der Waals surface area contributed by atoms with Crippen molar-refractivity contribution >= 4 is 11.6 Å². The highest BCUT2D eigenvalue weighted by atomic mass is 35.5. The van der Waals surface area contributed by atoms with Gasteiger partial charge in [0, 0.05) is 23.7 Å². The van der Waals surface area contributed by atoms with Crippen LogP contribution in [-0.2, 0) is 6.54 Å². The largest absolute Gasteiger partial charge is 0.457 e. The molecule has 0 aliphatic heterocycles. The van der Waals surface area contributed by atoms with Gasteiger partial charge >= 0.3 is 0 Å². The monoisotopic (exact) mass is 305 g/mol. The molecule has 0 radical (unpaired) electrons. The van der Waals surface area contributed by atoms with Crippen molar-refractivity contribution < 1.29 is 9.13 Å². The van der Waals surface area contributed by atoms with E-state index in [2.05, 4.69) is 5.32 Å². The minimum atomic E-state index is -0.286. The Hall–Kier alpha value is -1.58. The first-order valence-corrected chi connectivity index (χ1v) is 7.45. The van der Waals surface area contributed by atoms with Gasteiger partial charge in [0.1, 0.15) is 17.3 Å². The Morgan fingerprint density at radius 1 is 1.19 bits per heavy atom. The summed E-state index contributed by atoms with van der Waals surface area (Å²) in [5.74, 6) is 0.874. The second kappa shape index (κ2) is 6.04. The third kappa shape index (κ3) is 3.96. The third-order valence-corrected chi connectivity index (χ3v) is 3.89. The van der Waals surface area contributed by atoms with Crippen molar-refractivity contribution in [3.63, 3.8) is 0 Å². The Bertz CT molecular complexity index is 655. The van der Waals surface area contributed by atoms with Gasteiger partial charge < -0.3 is 10.1 Å². The van der Waals surface area contributed by atoms with Crippen molar-refractivity contribution in [3.05, 3.63) is 58.4 Å². The SMILES string of the molecule is Cc1cc(Oc2cc(F)cc(CNC3CC3)c2)ccc1Cl. The van der Waals surface area contributed by atoms with E-state index in [1.54, 1.807) is 12.1 Å². The van der Waals surface area contributed by atoms with Crippen LogP contribution in [0, 0.1) is 12.7 Å². The van der Waals surface area contributed by atoms with Gasteiger partial charge in [-0.05, 0) is 61.2 Å². The van der Waals surface area contributed by atoms with Crippen LogP contribution in [0.15, 0.2) is 36.4 Å². The van der Waals surface area contributed by atoms with Crippen LogP contribution in [0.2, 0.25) is 5.02 Å². The molecule has 0 spiro atoms. The van der Waals surface area contributed by atoms with Crippen molar-refractivity contribution in [2.24, 2.45) is 0 Å². The summed E-state index contributed by atoms with van der Waals surface area (Å²) in [5, 5.41) is 4.06. The maximum Gasteiger partial charge on any atom is 0.130 e. The molecule has 0 amide bonds. The Morgan fingerprint density at radius 2 is 2.00 bits per heavy atom. The fourth-order valence-electron chi connectivity index (χ4n) is 2.15. The van der Waals surface area contributed by atoms with Crippen LogP contribution in [0.5, 0.6) is 11.5 Å². The number of nitrogens with one attached hydrogen (secondary N) is 1. The minimum absolute atomic E-state index is 0.286. The lowest BCUT2D eigenvalue weighted by Gasteiger charge is -2.10. The first-order valence-electron chi connectivity index (χ1n) is 7.07. The maximum absolute atomic E-state index is 13.7. The zero-order valence-corrected chi connectivity index (χ0v) is 12.6. The van der Waals surface area contributed by atoms with Crippen LogP contribution >= 0.6 is 11.6 Å². The second-order valence-corrected chi connectivity index (χ2v) is 5.87. The summed E-state index contributed by atoms with van der Waals surface area (Å²) in [6.07, 6.45) is 2.42. The normalized spacial score (nSPS) is 14.2. The second-order valence-electron chi connectivity index (χ2n) is 5.46. The lowest BCUT2D eigenvalue weighted by molar-refractivity contribution is 0.474. The van der Waals surface area contributed by atoms with E-state index in [4.69, 9.17) is 16.3 Å². The van der Waals surface area contributed by atoms with E-state index in [0.717, 1.165) is 11.1 Å². The van der Waals surface area contributed by atoms with E-state index in [-0.39, 0.29) is 5.82 Å². The fraction of sp³-hybridized carbons (Fsp3) is 0.294. The molecule has 0 bridgehead atoms.